The Hall–Kier alpha value is -3.38. The van der Waals surface area contributed by atoms with Crippen LogP contribution in [-0.2, 0) is 11.0 Å². The van der Waals surface area contributed by atoms with Crippen LogP contribution in [0.2, 0.25) is 0 Å². The van der Waals surface area contributed by atoms with Gasteiger partial charge in [-0.1, -0.05) is 72.3 Å². The Labute approximate surface area is 222 Å². The Kier molecular flexibility index (Phi) is 8.72. The number of rotatable bonds is 9. The van der Waals surface area contributed by atoms with Gasteiger partial charge in [-0.25, -0.2) is 0 Å². The number of likely N-dealkylation sites (tertiary alicyclic amines) is 1. The van der Waals surface area contributed by atoms with E-state index in [4.69, 9.17) is 0 Å². The van der Waals surface area contributed by atoms with Gasteiger partial charge in [-0.05, 0) is 79.5 Å². The third kappa shape index (κ3) is 6.93. The number of hydrogen-bond acceptors (Lipinski definition) is 2. The van der Waals surface area contributed by atoms with Crippen molar-refractivity contribution in [3.8, 4) is 11.1 Å². The van der Waals surface area contributed by atoms with E-state index in [-0.39, 0.29) is 24.4 Å². The molecule has 0 saturated carbocycles. The zero-order chi connectivity index (χ0) is 27.3. The van der Waals surface area contributed by atoms with Crippen LogP contribution >= 0.6 is 0 Å². The summed E-state index contributed by atoms with van der Waals surface area (Å²) in [5, 5.41) is 9.42. The molecular formula is C32H34F3NO2. The second-order valence-corrected chi connectivity index (χ2v) is 10.4. The third-order valence-electron chi connectivity index (χ3n) is 7.49. The van der Waals surface area contributed by atoms with E-state index in [2.05, 4.69) is 47.9 Å². The lowest BCUT2D eigenvalue weighted by Crippen LogP contribution is -2.40. The van der Waals surface area contributed by atoms with Crippen LogP contribution in [-0.4, -0.2) is 22.5 Å². The summed E-state index contributed by atoms with van der Waals surface area (Å²) in [5.74, 6) is -0.872. The van der Waals surface area contributed by atoms with Crippen LogP contribution < -0.4 is 0 Å². The summed E-state index contributed by atoms with van der Waals surface area (Å²) >= 11 is 0. The van der Waals surface area contributed by atoms with Crippen LogP contribution in [0.15, 0.2) is 91.0 Å². The van der Waals surface area contributed by atoms with Gasteiger partial charge in [0.25, 0.3) is 0 Å². The maximum Gasteiger partial charge on any atom is 0.416 e. The average molecular weight is 522 g/mol. The van der Waals surface area contributed by atoms with Gasteiger partial charge in [0.2, 0.25) is 0 Å². The summed E-state index contributed by atoms with van der Waals surface area (Å²) in [7, 11) is 0. The molecule has 38 heavy (non-hydrogen) atoms. The van der Waals surface area contributed by atoms with Gasteiger partial charge < -0.3 is 5.11 Å². The van der Waals surface area contributed by atoms with Gasteiger partial charge in [0.15, 0.2) is 0 Å². The average Bonchev–Trinajstić information content (AvgIpc) is 2.89. The molecule has 4 rings (SSSR count). The molecule has 0 amide bonds. The molecule has 0 bridgehead atoms. The van der Waals surface area contributed by atoms with Crippen LogP contribution in [0.25, 0.3) is 11.1 Å². The Morgan fingerprint density at radius 2 is 1.63 bits per heavy atom. The van der Waals surface area contributed by atoms with Crippen molar-refractivity contribution in [3.63, 3.8) is 0 Å². The van der Waals surface area contributed by atoms with Crippen molar-refractivity contribution in [1.82, 2.24) is 4.90 Å². The van der Waals surface area contributed by atoms with Crippen molar-refractivity contribution in [2.24, 2.45) is 5.92 Å². The van der Waals surface area contributed by atoms with Gasteiger partial charge in [-0.2, -0.15) is 13.2 Å². The molecule has 3 unspecified atom stereocenters. The highest BCUT2D eigenvalue weighted by Gasteiger charge is 2.36. The molecular weight excluding hydrogens is 487 g/mol. The SMILES string of the molecule is C=C(C)CCC(c1ccc(-c2ccccc2)cc1)N1CCC(CC(=O)O)CC1c1ccc(C(F)(F)F)cc1. The van der Waals surface area contributed by atoms with Gasteiger partial charge in [-0.15, -0.1) is 6.58 Å². The fourth-order valence-electron chi connectivity index (χ4n) is 5.52. The highest BCUT2D eigenvalue weighted by molar-refractivity contribution is 5.67. The molecule has 1 heterocycles. The molecule has 1 N–H and O–H groups in total. The number of halogens is 3. The lowest BCUT2D eigenvalue weighted by atomic mass is 9.82. The second-order valence-electron chi connectivity index (χ2n) is 10.4. The predicted octanol–water partition coefficient (Wildman–Crippen LogP) is 8.70. The van der Waals surface area contributed by atoms with Gasteiger partial charge in [0, 0.05) is 18.5 Å². The third-order valence-corrected chi connectivity index (χ3v) is 7.49. The number of nitrogens with zero attached hydrogens (tertiary/aromatic N) is 1. The summed E-state index contributed by atoms with van der Waals surface area (Å²) < 4.78 is 39.7. The largest absolute Gasteiger partial charge is 0.481 e. The van der Waals surface area contributed by atoms with Gasteiger partial charge in [-0.3, -0.25) is 9.69 Å². The van der Waals surface area contributed by atoms with Gasteiger partial charge >= 0.3 is 12.1 Å². The fourth-order valence-corrected chi connectivity index (χ4v) is 5.52. The van der Waals surface area contributed by atoms with Crippen molar-refractivity contribution in [2.45, 2.75) is 57.3 Å². The predicted molar refractivity (Wildman–Crippen MR) is 145 cm³/mol. The molecule has 1 aliphatic heterocycles. The minimum Gasteiger partial charge on any atom is -0.481 e. The lowest BCUT2D eigenvalue weighted by Gasteiger charge is -2.44. The molecule has 0 spiro atoms. The molecule has 3 aromatic carbocycles. The van der Waals surface area contributed by atoms with E-state index < -0.39 is 17.7 Å². The number of hydrogen-bond donors (Lipinski definition) is 1. The summed E-state index contributed by atoms with van der Waals surface area (Å²) in [4.78, 5) is 13.8. The quantitative estimate of drug-likeness (QED) is 0.286. The van der Waals surface area contributed by atoms with Crippen LogP contribution in [0.4, 0.5) is 13.2 Å². The van der Waals surface area contributed by atoms with Crippen molar-refractivity contribution in [3.05, 3.63) is 108 Å². The Balaban J connectivity index is 1.68. The zero-order valence-corrected chi connectivity index (χ0v) is 21.6. The molecule has 1 aliphatic rings. The van der Waals surface area contributed by atoms with Crippen LogP contribution in [0.5, 0.6) is 0 Å². The van der Waals surface area contributed by atoms with Crippen molar-refractivity contribution in [1.29, 1.82) is 0 Å². The fraction of sp³-hybridized carbons (Fsp3) is 0.344. The van der Waals surface area contributed by atoms with Crippen LogP contribution in [0.3, 0.4) is 0 Å². The highest BCUT2D eigenvalue weighted by Crippen LogP contribution is 2.43. The lowest BCUT2D eigenvalue weighted by molar-refractivity contribution is -0.139. The van der Waals surface area contributed by atoms with E-state index in [9.17, 15) is 23.1 Å². The van der Waals surface area contributed by atoms with E-state index in [0.29, 0.717) is 13.0 Å². The van der Waals surface area contributed by atoms with Crippen molar-refractivity contribution < 1.29 is 23.1 Å². The molecule has 3 atom stereocenters. The zero-order valence-electron chi connectivity index (χ0n) is 21.6. The molecule has 6 heteroatoms. The monoisotopic (exact) mass is 521 g/mol. The first-order valence-corrected chi connectivity index (χ1v) is 13.1. The van der Waals surface area contributed by atoms with E-state index in [1.807, 2.05) is 25.1 Å². The molecule has 0 aromatic heterocycles. The molecule has 1 fully saturated rings. The van der Waals surface area contributed by atoms with Crippen LogP contribution in [0, 0.1) is 5.92 Å². The van der Waals surface area contributed by atoms with Gasteiger partial charge in [0.1, 0.15) is 0 Å². The number of piperidine rings is 1. The minimum atomic E-state index is -4.40. The number of alkyl halides is 3. The Morgan fingerprint density at radius 3 is 2.21 bits per heavy atom. The van der Waals surface area contributed by atoms with Crippen molar-refractivity contribution >= 4 is 5.97 Å². The summed E-state index contributed by atoms with van der Waals surface area (Å²) in [6.07, 6.45) is -1.38. The topological polar surface area (TPSA) is 40.5 Å². The number of carboxylic acid groups (broad SMARTS) is 1. The summed E-state index contributed by atoms with van der Waals surface area (Å²) in [5.41, 5.74) is 4.57. The Morgan fingerprint density at radius 1 is 1.00 bits per heavy atom. The molecule has 0 aliphatic carbocycles. The number of carboxylic acids is 1. The highest BCUT2D eigenvalue weighted by atomic mass is 19.4. The summed E-state index contributed by atoms with van der Waals surface area (Å²) in [6, 6.07) is 23.9. The number of aliphatic carboxylic acids is 1. The second kappa shape index (κ2) is 12.0. The van der Waals surface area contributed by atoms with Crippen LogP contribution in [0.1, 0.15) is 67.8 Å². The van der Waals surface area contributed by atoms with Crippen molar-refractivity contribution in [2.75, 3.05) is 6.54 Å². The van der Waals surface area contributed by atoms with E-state index in [1.165, 1.54) is 0 Å². The number of benzene rings is 3. The maximum absolute atomic E-state index is 13.2. The Bertz CT molecular complexity index is 1220. The van der Waals surface area contributed by atoms with E-state index in [1.54, 1.807) is 12.1 Å². The normalized spacial score (nSPS) is 19.2. The molecule has 3 nitrogen and oxygen atoms in total. The molecule has 1 saturated heterocycles. The molecule has 200 valence electrons. The minimum absolute atomic E-state index is 0.0228. The standard InChI is InChI=1S/C32H34F3NO2/c1-22(2)8-17-29(26-11-9-25(10-12-26)24-6-4-3-5-7-24)36-19-18-23(21-31(37)38)20-30(36)27-13-15-28(16-14-27)32(33,34)35/h3-7,9-16,23,29-30H,1,8,17-21H2,2H3,(H,37,38). The smallest absolute Gasteiger partial charge is 0.416 e. The first-order valence-electron chi connectivity index (χ1n) is 13.1. The first kappa shape index (κ1) is 27.6. The van der Waals surface area contributed by atoms with E-state index in [0.717, 1.165) is 59.2 Å². The molecule has 3 aromatic rings. The van der Waals surface area contributed by atoms with E-state index >= 15 is 0 Å². The number of allylic oxidation sites excluding steroid dienone is 1. The molecule has 0 radical (unpaired) electrons. The summed E-state index contributed by atoms with van der Waals surface area (Å²) in [6.45, 7) is 6.76. The first-order chi connectivity index (χ1) is 18.1. The van der Waals surface area contributed by atoms with Gasteiger partial charge in [0.05, 0.1) is 5.56 Å². The number of carbonyl (C=O) groups is 1. The maximum atomic E-state index is 13.2.